The molecular formula is C19H36IN5O. The predicted octanol–water partition coefficient (Wildman–Crippen LogP) is 2.96. The molecule has 1 heterocycles. The second kappa shape index (κ2) is 10.5. The van der Waals surface area contributed by atoms with Crippen molar-refractivity contribution in [3.8, 4) is 0 Å². The first-order valence-electron chi connectivity index (χ1n) is 9.36. The highest BCUT2D eigenvalue weighted by atomic mass is 127. The molecule has 0 aliphatic heterocycles. The van der Waals surface area contributed by atoms with E-state index in [1.807, 2.05) is 18.8 Å². The van der Waals surface area contributed by atoms with Crippen LogP contribution >= 0.6 is 24.0 Å². The third kappa shape index (κ3) is 5.84. The first kappa shape index (κ1) is 23.2. The number of halogens is 1. The Labute approximate surface area is 175 Å². The maximum Gasteiger partial charge on any atom is 0.191 e. The molecule has 1 aliphatic carbocycles. The fraction of sp³-hybridized carbons (Fsp3) is 0.789. The highest BCUT2D eigenvalue weighted by Crippen LogP contribution is 2.43. The number of aryl methyl sites for hydroxylation is 2. The van der Waals surface area contributed by atoms with Gasteiger partial charge in [0.2, 0.25) is 0 Å². The summed E-state index contributed by atoms with van der Waals surface area (Å²) in [5, 5.41) is 11.6. The van der Waals surface area contributed by atoms with Crippen LogP contribution in [0.2, 0.25) is 0 Å². The topological polar surface area (TPSA) is 63.5 Å². The van der Waals surface area contributed by atoms with E-state index in [4.69, 9.17) is 4.74 Å². The van der Waals surface area contributed by atoms with Crippen LogP contribution in [0.1, 0.15) is 49.6 Å². The molecule has 150 valence electrons. The van der Waals surface area contributed by atoms with E-state index in [0.29, 0.717) is 11.5 Å². The summed E-state index contributed by atoms with van der Waals surface area (Å²) in [5.74, 6) is 0.885. The molecule has 0 aromatic carbocycles. The lowest BCUT2D eigenvalue weighted by Gasteiger charge is -2.42. The first-order chi connectivity index (χ1) is 11.9. The Bertz CT molecular complexity index is 595. The number of hydrogen-bond acceptors (Lipinski definition) is 3. The zero-order chi connectivity index (χ0) is 18.4. The summed E-state index contributed by atoms with van der Waals surface area (Å²) >= 11 is 0. The number of ether oxygens (including phenoxy) is 1. The van der Waals surface area contributed by atoms with Gasteiger partial charge in [-0.3, -0.25) is 9.67 Å². The Morgan fingerprint density at radius 1 is 1.38 bits per heavy atom. The molecule has 0 amide bonds. The lowest BCUT2D eigenvalue weighted by molar-refractivity contribution is 0.0732. The lowest BCUT2D eigenvalue weighted by atomic mass is 9.67. The fourth-order valence-electron chi connectivity index (χ4n) is 3.68. The number of rotatable bonds is 8. The van der Waals surface area contributed by atoms with Gasteiger partial charge in [0.1, 0.15) is 0 Å². The molecular weight excluding hydrogens is 441 g/mol. The number of nitrogens with zero attached hydrogens (tertiary/aromatic N) is 3. The van der Waals surface area contributed by atoms with Gasteiger partial charge in [-0.05, 0) is 57.4 Å². The Morgan fingerprint density at radius 2 is 2.08 bits per heavy atom. The third-order valence-corrected chi connectivity index (χ3v) is 5.66. The minimum absolute atomic E-state index is 0. The number of nitrogens with one attached hydrogen (secondary N) is 2. The van der Waals surface area contributed by atoms with Gasteiger partial charge in [0.15, 0.2) is 5.96 Å². The third-order valence-electron chi connectivity index (χ3n) is 5.66. The largest absolute Gasteiger partial charge is 0.385 e. The summed E-state index contributed by atoms with van der Waals surface area (Å²) in [4.78, 5) is 4.40. The SMILES string of the molecule is CN=C(NCC1(CCOC)CCC1)NC(C)Cc1c(C)nn(C)c1C.I. The molecule has 1 saturated carbocycles. The Balaban J connectivity index is 0.00000338. The average molecular weight is 477 g/mol. The van der Waals surface area contributed by atoms with Crippen LogP contribution in [-0.2, 0) is 18.2 Å². The van der Waals surface area contributed by atoms with Crippen LogP contribution in [0, 0.1) is 19.3 Å². The van der Waals surface area contributed by atoms with Crippen LogP contribution < -0.4 is 10.6 Å². The molecule has 2 rings (SSSR count). The molecule has 0 spiro atoms. The average Bonchev–Trinajstić information content (AvgIpc) is 2.78. The van der Waals surface area contributed by atoms with Crippen molar-refractivity contribution in [3.63, 3.8) is 0 Å². The van der Waals surface area contributed by atoms with Gasteiger partial charge in [0.25, 0.3) is 0 Å². The van der Waals surface area contributed by atoms with Crippen LogP contribution in [0.25, 0.3) is 0 Å². The zero-order valence-electron chi connectivity index (χ0n) is 17.2. The van der Waals surface area contributed by atoms with Gasteiger partial charge in [-0.1, -0.05) is 6.42 Å². The summed E-state index contributed by atoms with van der Waals surface area (Å²) in [6.45, 7) is 8.21. The van der Waals surface area contributed by atoms with Crippen molar-refractivity contribution >= 4 is 29.9 Å². The van der Waals surface area contributed by atoms with E-state index in [-0.39, 0.29) is 24.0 Å². The van der Waals surface area contributed by atoms with E-state index in [2.05, 4.69) is 41.5 Å². The van der Waals surface area contributed by atoms with Gasteiger partial charge >= 0.3 is 0 Å². The molecule has 7 heteroatoms. The maximum atomic E-state index is 5.28. The Kier molecular flexibility index (Phi) is 9.36. The van der Waals surface area contributed by atoms with Crippen molar-refractivity contribution in [3.05, 3.63) is 17.0 Å². The van der Waals surface area contributed by atoms with Crippen LogP contribution in [0.4, 0.5) is 0 Å². The molecule has 1 aromatic heterocycles. The minimum atomic E-state index is 0. The summed E-state index contributed by atoms with van der Waals surface area (Å²) in [6.07, 6.45) is 5.96. The maximum absolute atomic E-state index is 5.28. The summed E-state index contributed by atoms with van der Waals surface area (Å²) in [6, 6.07) is 0.295. The van der Waals surface area contributed by atoms with Crippen molar-refractivity contribution in [2.45, 2.75) is 58.9 Å². The summed E-state index contributed by atoms with van der Waals surface area (Å²) in [5.41, 5.74) is 4.06. The number of methoxy groups -OCH3 is 1. The standard InChI is InChI=1S/C19H35N5O.HI/c1-14(12-17-15(2)23-24(5)16(17)3)22-18(20-4)21-13-19(8-7-9-19)10-11-25-6;/h14H,7-13H2,1-6H3,(H2,20,21,22);1H. The normalized spacial score (nSPS) is 17.2. The number of aromatic nitrogens is 2. The summed E-state index contributed by atoms with van der Waals surface area (Å²) < 4.78 is 7.24. The highest BCUT2D eigenvalue weighted by molar-refractivity contribution is 14.0. The molecule has 1 unspecified atom stereocenters. The van der Waals surface area contributed by atoms with E-state index in [0.717, 1.165) is 37.6 Å². The molecule has 2 N–H and O–H groups in total. The van der Waals surface area contributed by atoms with Crippen LogP contribution in [0.3, 0.4) is 0 Å². The van der Waals surface area contributed by atoms with E-state index in [9.17, 15) is 0 Å². The molecule has 6 nitrogen and oxygen atoms in total. The second-order valence-corrected chi connectivity index (χ2v) is 7.54. The van der Waals surface area contributed by atoms with Crippen molar-refractivity contribution in [1.82, 2.24) is 20.4 Å². The summed E-state index contributed by atoms with van der Waals surface area (Å²) in [7, 11) is 5.62. The van der Waals surface area contributed by atoms with E-state index in [1.165, 1.54) is 30.5 Å². The van der Waals surface area contributed by atoms with Gasteiger partial charge in [-0.2, -0.15) is 5.10 Å². The Morgan fingerprint density at radius 3 is 2.54 bits per heavy atom. The number of guanidine groups is 1. The molecule has 0 saturated heterocycles. The minimum Gasteiger partial charge on any atom is -0.385 e. The quantitative estimate of drug-likeness (QED) is 0.344. The lowest BCUT2D eigenvalue weighted by Crippen LogP contribution is -2.49. The monoisotopic (exact) mass is 477 g/mol. The van der Waals surface area contributed by atoms with Gasteiger partial charge in [-0.15, -0.1) is 24.0 Å². The molecule has 1 aromatic rings. The fourth-order valence-corrected chi connectivity index (χ4v) is 3.68. The van der Waals surface area contributed by atoms with E-state index < -0.39 is 0 Å². The van der Waals surface area contributed by atoms with Crippen molar-refractivity contribution in [2.75, 3.05) is 27.3 Å². The van der Waals surface area contributed by atoms with Gasteiger partial charge < -0.3 is 15.4 Å². The number of hydrogen-bond donors (Lipinski definition) is 2. The Hall–Kier alpha value is -0.830. The van der Waals surface area contributed by atoms with Crippen LogP contribution in [-0.4, -0.2) is 49.1 Å². The van der Waals surface area contributed by atoms with Crippen LogP contribution in [0.15, 0.2) is 4.99 Å². The smallest absolute Gasteiger partial charge is 0.191 e. The van der Waals surface area contributed by atoms with Gasteiger partial charge in [0, 0.05) is 46.1 Å². The first-order valence-corrected chi connectivity index (χ1v) is 9.36. The van der Waals surface area contributed by atoms with Gasteiger partial charge in [0.05, 0.1) is 5.69 Å². The zero-order valence-corrected chi connectivity index (χ0v) is 19.5. The van der Waals surface area contributed by atoms with Crippen molar-refractivity contribution in [1.29, 1.82) is 0 Å². The molecule has 26 heavy (non-hydrogen) atoms. The molecule has 0 radical (unpaired) electrons. The van der Waals surface area contributed by atoms with Crippen molar-refractivity contribution < 1.29 is 4.74 Å². The second-order valence-electron chi connectivity index (χ2n) is 7.54. The molecule has 1 fully saturated rings. The van der Waals surface area contributed by atoms with Gasteiger partial charge in [-0.25, -0.2) is 0 Å². The van der Waals surface area contributed by atoms with Crippen LogP contribution in [0.5, 0.6) is 0 Å². The van der Waals surface area contributed by atoms with E-state index >= 15 is 0 Å². The highest BCUT2D eigenvalue weighted by Gasteiger charge is 2.36. The number of aliphatic imine (C=N–C) groups is 1. The van der Waals surface area contributed by atoms with E-state index in [1.54, 1.807) is 7.11 Å². The molecule has 1 aliphatic rings. The molecule has 1 atom stereocenters. The van der Waals surface area contributed by atoms with Crippen molar-refractivity contribution in [2.24, 2.45) is 17.5 Å². The molecule has 0 bridgehead atoms. The predicted molar refractivity (Wildman–Crippen MR) is 119 cm³/mol.